The number of carboxylic acid groups (broad SMARTS) is 1. The van der Waals surface area contributed by atoms with E-state index in [1.54, 1.807) is 17.2 Å². The van der Waals surface area contributed by atoms with Crippen molar-refractivity contribution in [2.45, 2.75) is 26.3 Å². The normalized spacial score (nSPS) is 11.0. The van der Waals surface area contributed by atoms with Crippen molar-refractivity contribution in [3.8, 4) is 11.4 Å². The van der Waals surface area contributed by atoms with Gasteiger partial charge in [-0.3, -0.25) is 4.79 Å². The number of aliphatic carboxylic acids is 1. The van der Waals surface area contributed by atoms with Crippen molar-refractivity contribution in [1.82, 2.24) is 9.97 Å². The highest BCUT2D eigenvalue weighted by atomic mass is 35.5. The Labute approximate surface area is 167 Å². The van der Waals surface area contributed by atoms with Gasteiger partial charge in [0.1, 0.15) is 12.4 Å². The van der Waals surface area contributed by atoms with Crippen molar-refractivity contribution in [2.24, 2.45) is 0 Å². The molecule has 2 aromatic heterocycles. The molecule has 0 saturated heterocycles. The van der Waals surface area contributed by atoms with Gasteiger partial charge in [0.25, 0.3) is 0 Å². The van der Waals surface area contributed by atoms with E-state index in [-0.39, 0.29) is 6.54 Å². The average Bonchev–Trinajstić information content (AvgIpc) is 3.06. The smallest absolute Gasteiger partial charge is 0.323 e. The predicted octanol–water partition coefficient (Wildman–Crippen LogP) is 5.07. The molecule has 0 fully saturated rings. The SMILES string of the molecule is CC(C)c1ccc(-c2nccc(N(CC(=O)O)Cc3ccc(Cl)s3)n2)cc1. The van der Waals surface area contributed by atoms with Crippen molar-refractivity contribution in [3.63, 3.8) is 0 Å². The molecule has 0 aliphatic rings. The third-order valence-electron chi connectivity index (χ3n) is 4.10. The van der Waals surface area contributed by atoms with Crippen molar-refractivity contribution in [3.05, 3.63) is 63.4 Å². The fourth-order valence-electron chi connectivity index (χ4n) is 2.69. The second-order valence-electron chi connectivity index (χ2n) is 6.47. The Morgan fingerprint density at radius 1 is 1.19 bits per heavy atom. The first-order chi connectivity index (χ1) is 12.9. The lowest BCUT2D eigenvalue weighted by Crippen LogP contribution is -2.29. The fourth-order valence-corrected chi connectivity index (χ4v) is 3.79. The molecular formula is C20H20ClN3O2S. The van der Waals surface area contributed by atoms with E-state index in [4.69, 9.17) is 11.6 Å². The quantitative estimate of drug-likeness (QED) is 0.598. The van der Waals surface area contributed by atoms with Crippen molar-refractivity contribution >= 4 is 34.7 Å². The van der Waals surface area contributed by atoms with E-state index in [0.717, 1.165) is 10.4 Å². The van der Waals surface area contributed by atoms with Crippen LogP contribution < -0.4 is 4.90 Å². The Kier molecular flexibility index (Phi) is 6.08. The van der Waals surface area contributed by atoms with Crippen LogP contribution in [0.2, 0.25) is 4.34 Å². The number of rotatable bonds is 7. The van der Waals surface area contributed by atoms with Crippen LogP contribution in [0.25, 0.3) is 11.4 Å². The third-order valence-corrected chi connectivity index (χ3v) is 5.32. The first-order valence-electron chi connectivity index (χ1n) is 8.56. The zero-order chi connectivity index (χ0) is 19.4. The highest BCUT2D eigenvalue weighted by Crippen LogP contribution is 2.26. The maximum Gasteiger partial charge on any atom is 0.323 e. The van der Waals surface area contributed by atoms with E-state index in [1.165, 1.54) is 16.9 Å². The monoisotopic (exact) mass is 401 g/mol. The molecule has 1 aromatic carbocycles. The number of nitrogens with zero attached hydrogens (tertiary/aromatic N) is 3. The summed E-state index contributed by atoms with van der Waals surface area (Å²) in [5.74, 6) is 0.677. The lowest BCUT2D eigenvalue weighted by molar-refractivity contribution is -0.135. The number of anilines is 1. The second-order valence-corrected chi connectivity index (χ2v) is 8.27. The van der Waals surface area contributed by atoms with Crippen LogP contribution in [-0.4, -0.2) is 27.6 Å². The van der Waals surface area contributed by atoms with Crippen LogP contribution in [0.5, 0.6) is 0 Å². The van der Waals surface area contributed by atoms with E-state index in [9.17, 15) is 9.90 Å². The molecule has 0 spiro atoms. The zero-order valence-electron chi connectivity index (χ0n) is 15.1. The molecule has 0 unspecified atom stereocenters. The van der Waals surface area contributed by atoms with Crippen LogP contribution in [0.4, 0.5) is 5.82 Å². The van der Waals surface area contributed by atoms with E-state index >= 15 is 0 Å². The van der Waals surface area contributed by atoms with Gasteiger partial charge in [0.05, 0.1) is 10.9 Å². The molecule has 140 valence electrons. The van der Waals surface area contributed by atoms with E-state index in [2.05, 4.69) is 35.9 Å². The van der Waals surface area contributed by atoms with Crippen LogP contribution >= 0.6 is 22.9 Å². The molecule has 0 aliphatic carbocycles. The molecule has 1 N–H and O–H groups in total. The summed E-state index contributed by atoms with van der Waals surface area (Å²) in [6.45, 7) is 4.56. The number of thiophene rings is 1. The molecule has 7 heteroatoms. The molecule has 27 heavy (non-hydrogen) atoms. The third kappa shape index (κ3) is 5.05. The molecular weight excluding hydrogens is 382 g/mol. The minimum absolute atomic E-state index is 0.155. The average molecular weight is 402 g/mol. The number of carboxylic acids is 1. The first kappa shape index (κ1) is 19.3. The molecule has 0 saturated carbocycles. The van der Waals surface area contributed by atoms with Crippen LogP contribution in [0, 0.1) is 0 Å². The minimum Gasteiger partial charge on any atom is -0.480 e. The molecule has 0 amide bonds. The van der Waals surface area contributed by atoms with Gasteiger partial charge in [0, 0.05) is 16.6 Å². The van der Waals surface area contributed by atoms with E-state index in [0.29, 0.717) is 28.4 Å². The highest BCUT2D eigenvalue weighted by Gasteiger charge is 2.15. The molecule has 0 bridgehead atoms. The number of aromatic nitrogens is 2. The summed E-state index contributed by atoms with van der Waals surface area (Å²) < 4.78 is 0.675. The van der Waals surface area contributed by atoms with Crippen molar-refractivity contribution in [2.75, 3.05) is 11.4 Å². The van der Waals surface area contributed by atoms with Gasteiger partial charge in [0.2, 0.25) is 0 Å². The Hall–Kier alpha value is -2.44. The fraction of sp³-hybridized carbons (Fsp3) is 0.250. The van der Waals surface area contributed by atoms with Crippen LogP contribution in [0.15, 0.2) is 48.7 Å². The highest BCUT2D eigenvalue weighted by molar-refractivity contribution is 7.16. The second kappa shape index (κ2) is 8.50. The summed E-state index contributed by atoms with van der Waals surface area (Å²) in [6.07, 6.45) is 1.66. The summed E-state index contributed by atoms with van der Waals surface area (Å²) >= 11 is 7.42. The summed E-state index contributed by atoms with van der Waals surface area (Å²) in [5, 5.41) is 9.29. The summed E-state index contributed by atoms with van der Waals surface area (Å²) in [4.78, 5) is 23.0. The summed E-state index contributed by atoms with van der Waals surface area (Å²) in [6, 6.07) is 13.6. The van der Waals surface area contributed by atoms with Gasteiger partial charge in [-0.25, -0.2) is 9.97 Å². The standard InChI is InChI=1S/C20H20ClN3O2S/c1-13(2)14-3-5-15(6-4-14)20-22-10-9-18(23-20)24(12-19(25)26)11-16-7-8-17(21)27-16/h3-10,13H,11-12H2,1-2H3,(H,25,26). The van der Waals surface area contributed by atoms with Gasteiger partial charge in [-0.1, -0.05) is 49.7 Å². The van der Waals surface area contributed by atoms with Crippen LogP contribution in [0.1, 0.15) is 30.2 Å². The summed E-state index contributed by atoms with van der Waals surface area (Å²) in [5.41, 5.74) is 2.15. The molecule has 3 rings (SSSR count). The van der Waals surface area contributed by atoms with Gasteiger partial charge in [-0.05, 0) is 29.7 Å². The Balaban J connectivity index is 1.89. The van der Waals surface area contributed by atoms with Gasteiger partial charge < -0.3 is 10.0 Å². The van der Waals surface area contributed by atoms with Gasteiger partial charge >= 0.3 is 5.97 Å². The Morgan fingerprint density at radius 3 is 2.52 bits per heavy atom. The Morgan fingerprint density at radius 2 is 1.93 bits per heavy atom. The van der Waals surface area contributed by atoms with Crippen molar-refractivity contribution in [1.29, 1.82) is 0 Å². The molecule has 0 aliphatic heterocycles. The molecule has 2 heterocycles. The first-order valence-corrected chi connectivity index (χ1v) is 9.76. The largest absolute Gasteiger partial charge is 0.480 e. The van der Waals surface area contributed by atoms with Gasteiger partial charge in [-0.2, -0.15) is 0 Å². The van der Waals surface area contributed by atoms with Gasteiger partial charge in [-0.15, -0.1) is 11.3 Å². The molecule has 5 nitrogen and oxygen atoms in total. The topological polar surface area (TPSA) is 66.3 Å². The van der Waals surface area contributed by atoms with Crippen molar-refractivity contribution < 1.29 is 9.90 Å². The van der Waals surface area contributed by atoms with E-state index < -0.39 is 5.97 Å². The summed E-state index contributed by atoms with van der Waals surface area (Å²) in [7, 11) is 0. The lowest BCUT2D eigenvalue weighted by Gasteiger charge is -2.21. The number of carbonyl (C=O) groups is 1. The van der Waals surface area contributed by atoms with Crippen LogP contribution in [-0.2, 0) is 11.3 Å². The molecule has 3 aromatic rings. The zero-order valence-corrected chi connectivity index (χ0v) is 16.7. The number of benzene rings is 1. The Bertz CT molecular complexity index is 925. The van der Waals surface area contributed by atoms with Gasteiger partial charge in [0.15, 0.2) is 5.82 Å². The number of halogens is 1. The molecule has 0 radical (unpaired) electrons. The number of hydrogen-bond acceptors (Lipinski definition) is 5. The maximum atomic E-state index is 11.3. The lowest BCUT2D eigenvalue weighted by atomic mass is 10.0. The van der Waals surface area contributed by atoms with E-state index in [1.807, 2.05) is 24.3 Å². The predicted molar refractivity (Wildman–Crippen MR) is 110 cm³/mol. The number of hydrogen-bond donors (Lipinski definition) is 1. The minimum atomic E-state index is -0.917. The van der Waals surface area contributed by atoms with Crippen LogP contribution in [0.3, 0.4) is 0 Å². The maximum absolute atomic E-state index is 11.3. The molecule has 0 atom stereocenters.